The first-order valence-electron chi connectivity index (χ1n) is 9.18. The Balaban J connectivity index is 1.98. The fourth-order valence-corrected chi connectivity index (χ4v) is 2.99. The molecule has 2 atom stereocenters. The molecule has 2 unspecified atom stereocenters. The van der Waals surface area contributed by atoms with Crippen molar-refractivity contribution in [3.8, 4) is 0 Å². The lowest BCUT2D eigenvalue weighted by Gasteiger charge is -2.37. The van der Waals surface area contributed by atoms with Gasteiger partial charge in [-0.05, 0) is 24.6 Å². The molecule has 1 aromatic carbocycles. The molecule has 0 saturated carbocycles. The molecule has 6 nitrogen and oxygen atoms in total. The van der Waals surface area contributed by atoms with Crippen LogP contribution in [0.4, 0.5) is 10.5 Å². The second-order valence-corrected chi connectivity index (χ2v) is 6.59. The van der Waals surface area contributed by atoms with Crippen molar-refractivity contribution in [3.63, 3.8) is 0 Å². The summed E-state index contributed by atoms with van der Waals surface area (Å²) in [5, 5.41) is 5.68. The maximum Gasteiger partial charge on any atom is 0.319 e. The van der Waals surface area contributed by atoms with Crippen molar-refractivity contribution in [2.75, 3.05) is 38.0 Å². The number of nitrogens with zero attached hydrogens (tertiary/aromatic N) is 2. The molecule has 0 bridgehead atoms. The summed E-state index contributed by atoms with van der Waals surface area (Å²) in [6.45, 7) is 10.4. The summed E-state index contributed by atoms with van der Waals surface area (Å²) in [7, 11) is 0. The highest BCUT2D eigenvalue weighted by molar-refractivity contribution is 5.93. The second-order valence-electron chi connectivity index (χ2n) is 6.59. The largest absolute Gasteiger partial charge is 0.338 e. The number of likely N-dealkylation sites (N-methyl/N-ethyl adjacent to an activating group) is 1. The first kappa shape index (κ1) is 19.2. The van der Waals surface area contributed by atoms with Gasteiger partial charge >= 0.3 is 6.03 Å². The monoisotopic (exact) mass is 346 g/mol. The number of urea groups is 1. The van der Waals surface area contributed by atoms with Crippen molar-refractivity contribution in [3.05, 3.63) is 30.3 Å². The third-order valence-corrected chi connectivity index (χ3v) is 4.93. The zero-order chi connectivity index (χ0) is 18.2. The Morgan fingerprint density at radius 1 is 1.08 bits per heavy atom. The lowest BCUT2D eigenvalue weighted by molar-refractivity contribution is -0.136. The Kier molecular flexibility index (Phi) is 7.25. The van der Waals surface area contributed by atoms with Crippen molar-refractivity contribution in [2.45, 2.75) is 33.2 Å². The highest BCUT2D eigenvalue weighted by Crippen LogP contribution is 2.14. The summed E-state index contributed by atoms with van der Waals surface area (Å²) in [4.78, 5) is 29.5. The predicted octanol–water partition coefficient (Wildman–Crippen LogP) is 2.39. The molecule has 3 amide bonds. The fourth-order valence-electron chi connectivity index (χ4n) is 2.99. The molecule has 0 radical (unpaired) electrons. The summed E-state index contributed by atoms with van der Waals surface area (Å²) in [5.41, 5.74) is 0.715. The average molecular weight is 346 g/mol. The number of carbonyl (C=O) groups excluding carboxylic acids is 2. The van der Waals surface area contributed by atoms with E-state index in [1.165, 1.54) is 0 Å². The van der Waals surface area contributed by atoms with Gasteiger partial charge in [0.25, 0.3) is 0 Å². The van der Waals surface area contributed by atoms with E-state index in [9.17, 15) is 9.59 Å². The molecule has 1 fully saturated rings. The Morgan fingerprint density at radius 3 is 2.28 bits per heavy atom. The van der Waals surface area contributed by atoms with Crippen LogP contribution in [-0.4, -0.2) is 60.5 Å². The van der Waals surface area contributed by atoms with Crippen LogP contribution >= 0.6 is 0 Å². The number of hydrogen-bond acceptors (Lipinski definition) is 3. The Bertz CT molecular complexity index is 556. The standard InChI is InChI=1S/C19H30N4O2/c1-4-15(3)17(18(24)23-13-11-22(5-2)12-14-23)21-19(25)20-16-9-7-6-8-10-16/h6-10,15,17H,4-5,11-14H2,1-3H3,(H2,20,21,25). The van der Waals surface area contributed by atoms with Crippen LogP contribution in [0.5, 0.6) is 0 Å². The van der Waals surface area contributed by atoms with E-state index >= 15 is 0 Å². The van der Waals surface area contributed by atoms with E-state index in [0.29, 0.717) is 5.69 Å². The van der Waals surface area contributed by atoms with Gasteiger partial charge in [0.1, 0.15) is 6.04 Å². The SMILES string of the molecule is CCC(C)C(NC(=O)Nc1ccccc1)C(=O)N1CCN(CC)CC1. The number of hydrogen-bond donors (Lipinski definition) is 2. The van der Waals surface area contributed by atoms with Crippen molar-refractivity contribution >= 4 is 17.6 Å². The van der Waals surface area contributed by atoms with Crippen LogP contribution in [0.1, 0.15) is 27.2 Å². The highest BCUT2D eigenvalue weighted by Gasteiger charge is 2.31. The third kappa shape index (κ3) is 5.46. The van der Waals surface area contributed by atoms with Gasteiger partial charge in [0.05, 0.1) is 0 Å². The van der Waals surface area contributed by atoms with Gasteiger partial charge in [0, 0.05) is 31.9 Å². The summed E-state index contributed by atoms with van der Waals surface area (Å²) >= 11 is 0. The van der Waals surface area contributed by atoms with Crippen LogP contribution in [0.25, 0.3) is 0 Å². The lowest BCUT2D eigenvalue weighted by Crippen LogP contribution is -2.57. The molecule has 1 heterocycles. The molecule has 2 rings (SSSR count). The molecule has 0 aliphatic carbocycles. The van der Waals surface area contributed by atoms with Crippen LogP contribution in [0.3, 0.4) is 0 Å². The van der Waals surface area contributed by atoms with Crippen molar-refractivity contribution < 1.29 is 9.59 Å². The molecule has 1 aliphatic rings. The first-order chi connectivity index (χ1) is 12.0. The van der Waals surface area contributed by atoms with Crippen LogP contribution < -0.4 is 10.6 Å². The lowest BCUT2D eigenvalue weighted by atomic mass is 9.97. The molecule has 138 valence electrons. The number of anilines is 1. The zero-order valence-electron chi connectivity index (χ0n) is 15.5. The molecule has 6 heteroatoms. The van der Waals surface area contributed by atoms with Crippen LogP contribution in [0.15, 0.2) is 30.3 Å². The molecule has 1 aromatic rings. The maximum atomic E-state index is 12.9. The van der Waals surface area contributed by atoms with E-state index in [2.05, 4.69) is 22.5 Å². The summed E-state index contributed by atoms with van der Waals surface area (Å²) < 4.78 is 0. The van der Waals surface area contributed by atoms with Crippen molar-refractivity contribution in [2.24, 2.45) is 5.92 Å². The summed E-state index contributed by atoms with van der Waals surface area (Å²) in [6.07, 6.45) is 0.830. The highest BCUT2D eigenvalue weighted by atomic mass is 16.2. The van der Waals surface area contributed by atoms with Crippen molar-refractivity contribution in [1.29, 1.82) is 0 Å². The second kappa shape index (κ2) is 9.42. The maximum absolute atomic E-state index is 12.9. The van der Waals surface area contributed by atoms with Gasteiger partial charge < -0.3 is 20.4 Å². The average Bonchev–Trinajstić information content (AvgIpc) is 2.66. The van der Waals surface area contributed by atoms with E-state index in [0.717, 1.165) is 39.1 Å². The van der Waals surface area contributed by atoms with Crippen LogP contribution in [0, 0.1) is 5.92 Å². The fraction of sp³-hybridized carbons (Fsp3) is 0.579. The first-order valence-corrected chi connectivity index (χ1v) is 9.18. The van der Waals surface area contributed by atoms with Crippen LogP contribution in [-0.2, 0) is 4.79 Å². The Morgan fingerprint density at radius 2 is 1.72 bits per heavy atom. The van der Waals surface area contributed by atoms with Gasteiger partial charge in [-0.25, -0.2) is 4.79 Å². The quantitative estimate of drug-likeness (QED) is 0.831. The molecular weight excluding hydrogens is 316 g/mol. The Hall–Kier alpha value is -2.08. The van der Waals surface area contributed by atoms with E-state index in [1.54, 1.807) is 0 Å². The molecule has 0 spiro atoms. The molecule has 2 N–H and O–H groups in total. The van der Waals surface area contributed by atoms with Gasteiger partial charge in [0.2, 0.25) is 5.91 Å². The van der Waals surface area contributed by atoms with Gasteiger partial charge in [-0.3, -0.25) is 4.79 Å². The normalized spacial score (nSPS) is 17.6. The van der Waals surface area contributed by atoms with E-state index < -0.39 is 6.04 Å². The summed E-state index contributed by atoms with van der Waals surface area (Å²) in [6, 6.07) is 8.43. The minimum Gasteiger partial charge on any atom is -0.338 e. The summed E-state index contributed by atoms with van der Waals surface area (Å²) in [5.74, 6) is 0.103. The molecule has 1 aliphatic heterocycles. The molecular formula is C19H30N4O2. The van der Waals surface area contributed by atoms with E-state index in [4.69, 9.17) is 0 Å². The number of amides is 3. The molecule has 0 aromatic heterocycles. The van der Waals surface area contributed by atoms with E-state index in [-0.39, 0.29) is 17.9 Å². The number of benzene rings is 1. The number of para-hydroxylation sites is 1. The molecule has 25 heavy (non-hydrogen) atoms. The van der Waals surface area contributed by atoms with Gasteiger partial charge in [-0.15, -0.1) is 0 Å². The van der Waals surface area contributed by atoms with Gasteiger partial charge in [0.15, 0.2) is 0 Å². The topological polar surface area (TPSA) is 64.7 Å². The number of carbonyl (C=O) groups is 2. The number of nitrogens with one attached hydrogen (secondary N) is 2. The van der Waals surface area contributed by atoms with Crippen LogP contribution in [0.2, 0.25) is 0 Å². The zero-order valence-corrected chi connectivity index (χ0v) is 15.5. The van der Waals surface area contributed by atoms with Gasteiger partial charge in [-0.2, -0.15) is 0 Å². The smallest absolute Gasteiger partial charge is 0.319 e. The minimum atomic E-state index is -0.498. The third-order valence-electron chi connectivity index (χ3n) is 4.93. The van der Waals surface area contributed by atoms with Gasteiger partial charge in [-0.1, -0.05) is 45.4 Å². The van der Waals surface area contributed by atoms with Crippen molar-refractivity contribution in [1.82, 2.24) is 15.1 Å². The van der Waals surface area contributed by atoms with E-state index in [1.807, 2.05) is 49.1 Å². The predicted molar refractivity (Wildman–Crippen MR) is 101 cm³/mol. The minimum absolute atomic E-state index is 0.0216. The molecule has 1 saturated heterocycles. The number of piperazine rings is 1. The Labute approximate surface area is 150 Å². The number of rotatable bonds is 6.